The minimum atomic E-state index is -4.38. The van der Waals surface area contributed by atoms with Crippen molar-refractivity contribution in [2.45, 2.75) is 37.5 Å². The number of benzene rings is 2. The number of amides is 1. The Bertz CT molecular complexity index is 1220. The summed E-state index contributed by atoms with van der Waals surface area (Å²) in [6.07, 6.45) is -2.69. The van der Waals surface area contributed by atoms with Gasteiger partial charge in [-0.05, 0) is 47.7 Å². The molecule has 1 aromatic heterocycles. The first-order valence-electron chi connectivity index (χ1n) is 12.1. The average molecular weight is 514 g/mol. The van der Waals surface area contributed by atoms with Crippen LogP contribution >= 0.6 is 0 Å². The number of hydrogen-bond acceptors (Lipinski definition) is 5. The minimum Gasteiger partial charge on any atom is -0.491 e. The first kappa shape index (κ1) is 26.5. The Kier molecular flexibility index (Phi) is 8.02. The van der Waals surface area contributed by atoms with E-state index in [1.807, 2.05) is 36.4 Å². The quantitative estimate of drug-likeness (QED) is 0.452. The highest BCUT2D eigenvalue weighted by atomic mass is 19.4. The van der Waals surface area contributed by atoms with Gasteiger partial charge in [-0.15, -0.1) is 0 Å². The third kappa shape index (κ3) is 5.72. The fourth-order valence-electron chi connectivity index (χ4n) is 4.94. The molecule has 2 atom stereocenters. The van der Waals surface area contributed by atoms with Crippen molar-refractivity contribution in [2.24, 2.45) is 0 Å². The SMILES string of the molecule is CNC(=O)[C@@H](c1ccccc1)N1CCc2nc(OC)c(OC)cc2[C@@H]1CCc1ccc(C(F)(F)F)cc1. The largest absolute Gasteiger partial charge is 0.491 e. The molecule has 0 bridgehead atoms. The molecule has 3 aromatic rings. The zero-order chi connectivity index (χ0) is 26.6. The van der Waals surface area contributed by atoms with Crippen LogP contribution in [-0.2, 0) is 23.8 Å². The molecule has 0 fully saturated rings. The summed E-state index contributed by atoms with van der Waals surface area (Å²) < 4.78 is 50.0. The van der Waals surface area contributed by atoms with E-state index in [1.165, 1.54) is 19.2 Å². The minimum absolute atomic E-state index is 0.136. The predicted octanol–water partition coefficient (Wildman–Crippen LogP) is 5.14. The third-order valence-electron chi connectivity index (χ3n) is 6.78. The number of ether oxygens (including phenoxy) is 2. The second-order valence-electron chi connectivity index (χ2n) is 8.90. The van der Waals surface area contributed by atoms with Gasteiger partial charge in [0, 0.05) is 26.1 Å². The summed E-state index contributed by atoms with van der Waals surface area (Å²) in [7, 11) is 4.69. The van der Waals surface area contributed by atoms with Gasteiger partial charge >= 0.3 is 6.18 Å². The summed E-state index contributed by atoms with van der Waals surface area (Å²) in [5.41, 5.74) is 2.74. The van der Waals surface area contributed by atoms with Crippen LogP contribution in [0.5, 0.6) is 11.6 Å². The van der Waals surface area contributed by atoms with Crippen molar-refractivity contribution < 1.29 is 27.4 Å². The maximum Gasteiger partial charge on any atom is 0.416 e. The molecule has 0 unspecified atom stereocenters. The maximum atomic E-state index is 13.2. The van der Waals surface area contributed by atoms with E-state index in [1.54, 1.807) is 14.2 Å². The van der Waals surface area contributed by atoms with E-state index in [0.717, 1.165) is 34.5 Å². The summed E-state index contributed by atoms with van der Waals surface area (Å²) >= 11 is 0. The molecule has 1 amide bonds. The number of likely N-dealkylation sites (N-methyl/N-ethyl adjacent to an activating group) is 1. The molecule has 1 N–H and O–H groups in total. The number of hydrogen-bond donors (Lipinski definition) is 1. The van der Waals surface area contributed by atoms with Gasteiger partial charge in [-0.3, -0.25) is 9.69 Å². The van der Waals surface area contributed by atoms with E-state index in [-0.39, 0.29) is 11.9 Å². The standard InChI is InChI=1S/C28H30F3N3O3/c1-32-26(35)25(19-7-5-4-6-8-19)34-16-15-22-21(17-24(36-2)27(33-22)37-3)23(34)14-11-18-9-12-20(13-10-18)28(29,30)31/h4-10,12-13,17,23,25H,11,14-16H2,1-3H3,(H,32,35)/t23-,25+/m0/s1. The molecule has 9 heteroatoms. The Morgan fingerprint density at radius 1 is 1.11 bits per heavy atom. The number of methoxy groups -OCH3 is 2. The van der Waals surface area contributed by atoms with Gasteiger partial charge in [0.1, 0.15) is 6.04 Å². The van der Waals surface area contributed by atoms with E-state index < -0.39 is 17.8 Å². The second-order valence-corrected chi connectivity index (χ2v) is 8.90. The second kappa shape index (κ2) is 11.2. The van der Waals surface area contributed by atoms with E-state index in [2.05, 4.69) is 15.2 Å². The fourth-order valence-corrected chi connectivity index (χ4v) is 4.94. The zero-order valence-electron chi connectivity index (χ0n) is 21.0. The van der Waals surface area contributed by atoms with Crippen molar-refractivity contribution in [2.75, 3.05) is 27.8 Å². The van der Waals surface area contributed by atoms with Crippen LogP contribution < -0.4 is 14.8 Å². The molecule has 196 valence electrons. The lowest BCUT2D eigenvalue weighted by Gasteiger charge is -2.41. The van der Waals surface area contributed by atoms with Gasteiger partial charge in [0.15, 0.2) is 5.75 Å². The molecular weight excluding hydrogens is 483 g/mol. The van der Waals surface area contributed by atoms with Crippen LogP contribution in [0.25, 0.3) is 0 Å². The average Bonchev–Trinajstić information content (AvgIpc) is 2.91. The highest BCUT2D eigenvalue weighted by Crippen LogP contribution is 2.42. The van der Waals surface area contributed by atoms with Crippen LogP contribution in [0.2, 0.25) is 0 Å². The van der Waals surface area contributed by atoms with Gasteiger partial charge in [-0.2, -0.15) is 13.2 Å². The van der Waals surface area contributed by atoms with Crippen LogP contribution in [0.3, 0.4) is 0 Å². The number of nitrogens with zero attached hydrogens (tertiary/aromatic N) is 2. The molecule has 0 saturated carbocycles. The van der Waals surface area contributed by atoms with Crippen molar-refractivity contribution in [1.29, 1.82) is 0 Å². The molecule has 37 heavy (non-hydrogen) atoms. The van der Waals surface area contributed by atoms with Crippen molar-refractivity contribution in [3.05, 3.63) is 88.6 Å². The normalized spacial score (nSPS) is 16.5. The van der Waals surface area contributed by atoms with Crippen LogP contribution in [0.1, 0.15) is 46.5 Å². The summed E-state index contributed by atoms with van der Waals surface area (Å²) in [4.78, 5) is 20.0. The first-order chi connectivity index (χ1) is 17.8. The third-order valence-corrected chi connectivity index (χ3v) is 6.78. The van der Waals surface area contributed by atoms with Crippen molar-refractivity contribution >= 4 is 5.91 Å². The van der Waals surface area contributed by atoms with Gasteiger partial charge < -0.3 is 14.8 Å². The topological polar surface area (TPSA) is 63.7 Å². The summed E-state index contributed by atoms with van der Waals surface area (Å²) in [5.74, 6) is 0.739. The molecule has 2 aromatic carbocycles. The molecule has 0 radical (unpaired) electrons. The lowest BCUT2D eigenvalue weighted by Crippen LogP contribution is -2.45. The number of carbonyl (C=O) groups excluding carboxylic acids is 1. The lowest BCUT2D eigenvalue weighted by atomic mass is 9.88. The van der Waals surface area contributed by atoms with E-state index >= 15 is 0 Å². The Balaban J connectivity index is 1.73. The molecular formula is C28H30F3N3O3. The Morgan fingerprint density at radius 3 is 2.41 bits per heavy atom. The molecule has 0 spiro atoms. The van der Waals surface area contributed by atoms with Crippen LogP contribution in [-0.4, -0.2) is 43.6 Å². The number of halogens is 3. The Hall–Kier alpha value is -3.59. The molecule has 6 nitrogen and oxygen atoms in total. The smallest absolute Gasteiger partial charge is 0.416 e. The molecule has 2 heterocycles. The van der Waals surface area contributed by atoms with Gasteiger partial charge in [-0.25, -0.2) is 4.98 Å². The van der Waals surface area contributed by atoms with Crippen LogP contribution in [0.4, 0.5) is 13.2 Å². The number of carbonyl (C=O) groups is 1. The monoisotopic (exact) mass is 513 g/mol. The Labute approximate surface area is 214 Å². The van der Waals surface area contributed by atoms with Gasteiger partial charge in [-0.1, -0.05) is 42.5 Å². The number of fused-ring (bicyclic) bond motifs is 1. The summed E-state index contributed by atoms with van der Waals surface area (Å²) in [5, 5.41) is 2.79. The van der Waals surface area contributed by atoms with Crippen molar-refractivity contribution in [3.63, 3.8) is 0 Å². The highest BCUT2D eigenvalue weighted by Gasteiger charge is 2.38. The number of pyridine rings is 1. The van der Waals surface area contributed by atoms with Gasteiger partial charge in [0.05, 0.1) is 25.5 Å². The van der Waals surface area contributed by atoms with Gasteiger partial charge in [0.25, 0.3) is 5.88 Å². The summed E-state index contributed by atoms with van der Waals surface area (Å²) in [6, 6.07) is 15.9. The van der Waals surface area contributed by atoms with E-state index in [0.29, 0.717) is 37.4 Å². The van der Waals surface area contributed by atoms with Crippen molar-refractivity contribution in [3.8, 4) is 11.6 Å². The van der Waals surface area contributed by atoms with Crippen LogP contribution in [0, 0.1) is 0 Å². The number of alkyl halides is 3. The predicted molar refractivity (Wildman–Crippen MR) is 134 cm³/mol. The van der Waals surface area contributed by atoms with Crippen LogP contribution in [0.15, 0.2) is 60.7 Å². The molecule has 1 aliphatic heterocycles. The molecule has 0 saturated heterocycles. The fraction of sp³-hybridized carbons (Fsp3) is 0.357. The number of rotatable bonds is 8. The molecule has 0 aliphatic carbocycles. The molecule has 4 rings (SSSR count). The highest BCUT2D eigenvalue weighted by molar-refractivity contribution is 5.83. The van der Waals surface area contributed by atoms with E-state index in [9.17, 15) is 18.0 Å². The first-order valence-corrected chi connectivity index (χ1v) is 12.1. The maximum absolute atomic E-state index is 13.2. The lowest BCUT2D eigenvalue weighted by molar-refractivity contribution is -0.137. The summed E-state index contributed by atoms with van der Waals surface area (Å²) in [6.45, 7) is 0.570. The van der Waals surface area contributed by atoms with Crippen molar-refractivity contribution in [1.82, 2.24) is 15.2 Å². The number of aryl methyl sites for hydroxylation is 1. The van der Waals surface area contributed by atoms with E-state index in [4.69, 9.17) is 9.47 Å². The molecule has 1 aliphatic rings. The number of nitrogens with one attached hydrogen (secondary N) is 1. The Morgan fingerprint density at radius 2 is 1.81 bits per heavy atom. The number of aromatic nitrogens is 1. The zero-order valence-corrected chi connectivity index (χ0v) is 21.0. The van der Waals surface area contributed by atoms with Gasteiger partial charge in [0.2, 0.25) is 5.91 Å².